The zero-order valence-electron chi connectivity index (χ0n) is 27.3. The summed E-state index contributed by atoms with van der Waals surface area (Å²) in [6, 6.07) is 4.25. The molecule has 46 heavy (non-hydrogen) atoms. The Hall–Kier alpha value is -4.17. The minimum Gasteiger partial charge on any atom is -0.510 e. The predicted octanol–water partition coefficient (Wildman–Crippen LogP) is 1.44. The zero-order chi connectivity index (χ0) is 34.0. The number of ketones is 2. The topological polar surface area (TPSA) is 184 Å². The first-order chi connectivity index (χ1) is 21.5. The maximum absolute atomic E-state index is 14.3. The monoisotopic (exact) mass is 637 g/mol. The molecule has 0 saturated heterocycles. The minimum atomic E-state index is -2.70. The summed E-state index contributed by atoms with van der Waals surface area (Å²) in [7, 11) is 12.8. The molecule has 0 aliphatic heterocycles. The molecule has 5 rings (SSSR count). The number of carbonyl (C=O) groups excluding carboxylic acids is 3. The average molecular weight is 638 g/mol. The van der Waals surface area contributed by atoms with Crippen LogP contribution in [0.4, 0.5) is 5.69 Å². The number of hydrogen-bond acceptors (Lipinski definition) is 12. The van der Waals surface area contributed by atoms with E-state index in [2.05, 4.69) is 9.80 Å². The van der Waals surface area contributed by atoms with E-state index >= 15 is 0 Å². The maximum atomic E-state index is 14.3. The lowest BCUT2D eigenvalue weighted by atomic mass is 9.58. The Morgan fingerprint density at radius 1 is 1.04 bits per heavy atom. The Kier molecular flexibility index (Phi) is 8.58. The fourth-order valence-electron chi connectivity index (χ4n) is 7.21. The van der Waals surface area contributed by atoms with Crippen molar-refractivity contribution in [3.05, 3.63) is 57.8 Å². The lowest BCUT2D eigenvalue weighted by Crippen LogP contribution is -2.63. The van der Waals surface area contributed by atoms with E-state index in [9.17, 15) is 34.8 Å². The zero-order valence-corrected chi connectivity index (χ0v) is 27.3. The van der Waals surface area contributed by atoms with Crippen molar-refractivity contribution in [3.63, 3.8) is 0 Å². The van der Waals surface area contributed by atoms with Gasteiger partial charge >= 0.3 is 0 Å². The van der Waals surface area contributed by atoms with Crippen LogP contribution in [0, 0.1) is 11.8 Å². The van der Waals surface area contributed by atoms with E-state index in [0.29, 0.717) is 29.3 Å². The number of rotatable bonds is 9. The van der Waals surface area contributed by atoms with Gasteiger partial charge in [-0.05, 0) is 77.8 Å². The number of hydrogen-bond donors (Lipinski definition) is 5. The van der Waals surface area contributed by atoms with Crippen LogP contribution in [0.15, 0.2) is 45.3 Å². The quantitative estimate of drug-likeness (QED) is 0.250. The van der Waals surface area contributed by atoms with E-state index < -0.39 is 58.0 Å². The second-order valence-corrected chi connectivity index (χ2v) is 13.3. The molecule has 6 N–H and O–H groups in total. The van der Waals surface area contributed by atoms with E-state index in [1.54, 1.807) is 26.2 Å². The van der Waals surface area contributed by atoms with Crippen LogP contribution >= 0.6 is 0 Å². The third kappa shape index (κ3) is 5.16. The van der Waals surface area contributed by atoms with E-state index in [-0.39, 0.29) is 35.3 Å². The van der Waals surface area contributed by atoms with E-state index in [4.69, 9.17) is 10.2 Å². The number of Topliss-reactive ketones (excluding diaryl/α,β-unsaturated/α-hetero) is 2. The third-order valence-corrected chi connectivity index (χ3v) is 9.46. The van der Waals surface area contributed by atoms with Gasteiger partial charge in [0.15, 0.2) is 11.4 Å². The number of furan rings is 1. The van der Waals surface area contributed by atoms with Gasteiger partial charge in [0.25, 0.3) is 5.91 Å². The molecule has 4 atom stereocenters. The number of benzene rings is 1. The van der Waals surface area contributed by atoms with Gasteiger partial charge in [0, 0.05) is 44.4 Å². The van der Waals surface area contributed by atoms with Gasteiger partial charge in [0.2, 0.25) is 5.78 Å². The number of aromatic hydroxyl groups is 1. The highest BCUT2D eigenvalue weighted by Crippen LogP contribution is 2.54. The van der Waals surface area contributed by atoms with Gasteiger partial charge in [0.1, 0.15) is 34.4 Å². The molecule has 0 spiro atoms. The van der Waals surface area contributed by atoms with Crippen LogP contribution < -0.4 is 10.6 Å². The lowest BCUT2D eigenvalue weighted by molar-refractivity contribution is -0.148. The smallest absolute Gasteiger partial charge is 0.255 e. The van der Waals surface area contributed by atoms with Gasteiger partial charge in [-0.2, -0.15) is 0 Å². The number of phenolic OH excluding ortho intramolecular Hbond substituents is 1. The molecule has 0 bridgehead atoms. The fourth-order valence-corrected chi connectivity index (χ4v) is 7.21. The van der Waals surface area contributed by atoms with E-state index in [1.165, 1.54) is 4.90 Å². The van der Waals surface area contributed by atoms with Crippen molar-refractivity contribution in [2.45, 2.75) is 31.0 Å². The van der Waals surface area contributed by atoms with Gasteiger partial charge in [-0.15, -0.1) is 0 Å². The van der Waals surface area contributed by atoms with Gasteiger partial charge in [-0.1, -0.05) is 0 Å². The molecule has 0 unspecified atom stereocenters. The maximum Gasteiger partial charge on any atom is 0.255 e. The summed E-state index contributed by atoms with van der Waals surface area (Å²) in [4.78, 5) is 47.7. The molecule has 0 fully saturated rings. The van der Waals surface area contributed by atoms with Gasteiger partial charge in [-0.25, -0.2) is 0 Å². The summed E-state index contributed by atoms with van der Waals surface area (Å²) in [5.41, 5.74) is 3.08. The van der Waals surface area contributed by atoms with E-state index in [0.717, 1.165) is 13.1 Å². The second-order valence-electron chi connectivity index (χ2n) is 13.3. The summed E-state index contributed by atoms with van der Waals surface area (Å²) in [5, 5.41) is 46.1. The van der Waals surface area contributed by atoms with Crippen molar-refractivity contribution >= 4 is 23.2 Å². The standard InChI is InChI=1S/C33H43N5O8/c1-35(2)10-11-38(7)15-17-8-9-22(46-17)19-14-21(36(3)4)18-12-16-13-20-26(37(5)6)29(41)25(32(34)44)31(43)33(20,45)30(42)23(16)28(40)24(18)27(19)39/h8-9,14,16,20,26,39,41-42,45H,10-13,15H2,1-7H3,(H2,34,44)/t16-,20-,26-,33+/m1/s1. The van der Waals surface area contributed by atoms with Crippen LogP contribution in [0.2, 0.25) is 0 Å². The largest absolute Gasteiger partial charge is 0.510 e. The highest BCUT2D eigenvalue weighted by Gasteiger charge is 2.63. The summed E-state index contributed by atoms with van der Waals surface area (Å²) in [5.74, 6) is -5.88. The molecule has 13 nitrogen and oxygen atoms in total. The SMILES string of the molecule is CN(C)CCN(C)Cc1ccc(-c2cc(N(C)C)c3c(c2O)C(=O)C2=C(O)[C@]4(O)C(=O)C(C(N)=O)=C(O)[C@H](N(C)C)[C@H]4C[C@H]2C3)o1. The van der Waals surface area contributed by atoms with Crippen molar-refractivity contribution in [2.75, 3.05) is 67.3 Å². The van der Waals surface area contributed by atoms with Crippen molar-refractivity contribution in [2.24, 2.45) is 17.6 Å². The molecule has 0 saturated carbocycles. The highest BCUT2D eigenvalue weighted by atomic mass is 16.4. The number of amides is 1. The number of aliphatic hydroxyl groups excluding tert-OH is 2. The summed E-state index contributed by atoms with van der Waals surface area (Å²) < 4.78 is 6.13. The number of likely N-dealkylation sites (N-methyl/N-ethyl adjacent to an activating group) is 3. The fraction of sp³-hybridized carbons (Fsp3) is 0.485. The first-order valence-corrected chi connectivity index (χ1v) is 15.1. The molecule has 1 heterocycles. The van der Waals surface area contributed by atoms with Crippen LogP contribution in [0.25, 0.3) is 11.3 Å². The number of aliphatic hydroxyl groups is 3. The normalized spacial score (nSPS) is 24.5. The number of nitrogens with zero attached hydrogens (tertiary/aromatic N) is 4. The summed E-state index contributed by atoms with van der Waals surface area (Å²) in [6.45, 7) is 2.21. The molecular weight excluding hydrogens is 594 g/mol. The third-order valence-electron chi connectivity index (χ3n) is 9.46. The molecule has 1 aromatic carbocycles. The van der Waals surface area contributed by atoms with Crippen molar-refractivity contribution in [1.82, 2.24) is 14.7 Å². The number of carbonyl (C=O) groups is 3. The second kappa shape index (κ2) is 11.9. The van der Waals surface area contributed by atoms with Crippen molar-refractivity contribution in [3.8, 4) is 17.1 Å². The molecule has 1 amide bonds. The van der Waals surface area contributed by atoms with Crippen LogP contribution in [0.3, 0.4) is 0 Å². The summed E-state index contributed by atoms with van der Waals surface area (Å²) in [6.07, 6.45) is 0.208. The molecule has 248 valence electrons. The molecule has 13 heteroatoms. The molecule has 3 aliphatic carbocycles. The van der Waals surface area contributed by atoms with Gasteiger partial charge < -0.3 is 40.4 Å². The minimum absolute atomic E-state index is 0.0179. The van der Waals surface area contributed by atoms with Crippen molar-refractivity contribution in [1.29, 1.82) is 0 Å². The lowest BCUT2D eigenvalue weighted by Gasteiger charge is -2.50. The number of allylic oxidation sites excluding steroid dienone is 1. The highest BCUT2D eigenvalue weighted by molar-refractivity contribution is 6.25. The van der Waals surface area contributed by atoms with Crippen LogP contribution in [-0.2, 0) is 22.6 Å². The molecule has 0 radical (unpaired) electrons. The van der Waals surface area contributed by atoms with Gasteiger partial charge in [-0.3, -0.25) is 24.2 Å². The number of nitrogens with two attached hydrogens (primary N) is 1. The van der Waals surface area contributed by atoms with Crippen LogP contribution in [-0.4, -0.2) is 127 Å². The Morgan fingerprint density at radius 2 is 1.72 bits per heavy atom. The van der Waals surface area contributed by atoms with Crippen LogP contribution in [0.5, 0.6) is 5.75 Å². The average Bonchev–Trinajstić information content (AvgIpc) is 3.41. The van der Waals surface area contributed by atoms with E-state index in [1.807, 2.05) is 46.2 Å². The molecular formula is C33H43N5O8. The molecule has 1 aromatic heterocycles. The Balaban J connectivity index is 1.62. The number of primary amides is 1. The summed E-state index contributed by atoms with van der Waals surface area (Å²) >= 11 is 0. The number of anilines is 1. The van der Waals surface area contributed by atoms with Gasteiger partial charge in [0.05, 0.1) is 23.7 Å². The Labute approximate surface area is 267 Å². The van der Waals surface area contributed by atoms with Crippen LogP contribution in [0.1, 0.15) is 28.1 Å². The first-order valence-electron chi connectivity index (χ1n) is 15.1. The number of fused-ring (bicyclic) bond motifs is 3. The number of phenols is 1. The Morgan fingerprint density at radius 3 is 2.30 bits per heavy atom. The first kappa shape index (κ1) is 33.2. The molecule has 3 aliphatic rings. The Bertz CT molecular complexity index is 1670. The van der Waals surface area contributed by atoms with Crippen molar-refractivity contribution < 1.29 is 39.2 Å². The molecule has 2 aromatic rings. The predicted molar refractivity (Wildman–Crippen MR) is 171 cm³/mol.